The Balaban J connectivity index is 1.61. The minimum absolute atomic E-state index is 0.1000. The van der Waals surface area contributed by atoms with E-state index in [9.17, 15) is 4.79 Å². The van der Waals surface area contributed by atoms with E-state index in [4.69, 9.17) is 9.47 Å². The first-order chi connectivity index (χ1) is 14.7. The topological polar surface area (TPSA) is 76.2 Å². The molecule has 0 fully saturated rings. The number of carbonyl (C=O) groups excluding carboxylic acids is 1. The minimum Gasteiger partial charge on any atom is -0.497 e. The lowest BCUT2D eigenvalue weighted by Crippen LogP contribution is -2.30. The van der Waals surface area contributed by atoms with Crippen LogP contribution in [0.2, 0.25) is 0 Å². The number of methoxy groups -OCH3 is 2. The van der Waals surface area contributed by atoms with E-state index in [0.717, 1.165) is 27.7 Å². The van der Waals surface area contributed by atoms with E-state index in [1.54, 1.807) is 26.6 Å². The molecule has 6 heteroatoms. The summed E-state index contributed by atoms with van der Waals surface area (Å²) < 4.78 is 10.7. The van der Waals surface area contributed by atoms with Crippen LogP contribution < -0.4 is 14.8 Å². The van der Waals surface area contributed by atoms with Crippen molar-refractivity contribution in [2.75, 3.05) is 14.2 Å². The van der Waals surface area contributed by atoms with Crippen LogP contribution in [-0.2, 0) is 11.2 Å². The molecule has 0 bridgehead atoms. The van der Waals surface area contributed by atoms with Crippen molar-refractivity contribution in [3.05, 3.63) is 89.7 Å². The number of amides is 1. The minimum atomic E-state index is -0.282. The van der Waals surface area contributed by atoms with Crippen LogP contribution >= 0.6 is 0 Å². The first kappa shape index (κ1) is 19.5. The molecule has 1 heterocycles. The van der Waals surface area contributed by atoms with Gasteiger partial charge in [-0.05, 0) is 29.3 Å². The number of imidazole rings is 1. The van der Waals surface area contributed by atoms with Crippen LogP contribution in [-0.4, -0.2) is 30.1 Å². The first-order valence-electron chi connectivity index (χ1n) is 9.66. The van der Waals surface area contributed by atoms with E-state index in [2.05, 4.69) is 15.3 Å². The van der Waals surface area contributed by atoms with Crippen molar-refractivity contribution in [1.29, 1.82) is 0 Å². The molecule has 0 aliphatic carbocycles. The quantitative estimate of drug-likeness (QED) is 0.490. The normalized spacial score (nSPS) is 11.8. The molecule has 0 aliphatic heterocycles. The molecule has 6 nitrogen and oxygen atoms in total. The summed E-state index contributed by atoms with van der Waals surface area (Å²) in [6.07, 6.45) is 1.86. The Morgan fingerprint density at radius 1 is 1.00 bits per heavy atom. The molecular weight excluding hydrogens is 378 g/mol. The van der Waals surface area contributed by atoms with Gasteiger partial charge in [0, 0.05) is 11.6 Å². The number of carbonyl (C=O) groups is 1. The van der Waals surface area contributed by atoms with Crippen LogP contribution in [0.3, 0.4) is 0 Å². The van der Waals surface area contributed by atoms with Gasteiger partial charge in [0.2, 0.25) is 5.91 Å². The molecule has 0 aliphatic rings. The maximum atomic E-state index is 13.0. The second-order valence-corrected chi connectivity index (χ2v) is 6.94. The highest BCUT2D eigenvalue weighted by Gasteiger charge is 2.19. The van der Waals surface area contributed by atoms with Gasteiger partial charge in [0.1, 0.15) is 11.5 Å². The first-order valence-corrected chi connectivity index (χ1v) is 9.66. The van der Waals surface area contributed by atoms with E-state index < -0.39 is 0 Å². The summed E-state index contributed by atoms with van der Waals surface area (Å²) >= 11 is 0. The van der Waals surface area contributed by atoms with Gasteiger partial charge in [0.25, 0.3) is 0 Å². The number of hydrogen-bond acceptors (Lipinski definition) is 4. The van der Waals surface area contributed by atoms with Gasteiger partial charge in [0.05, 0.1) is 44.0 Å². The third-order valence-corrected chi connectivity index (χ3v) is 5.06. The Morgan fingerprint density at radius 2 is 1.83 bits per heavy atom. The largest absolute Gasteiger partial charge is 0.497 e. The van der Waals surface area contributed by atoms with E-state index >= 15 is 0 Å². The molecule has 1 atom stereocenters. The summed E-state index contributed by atoms with van der Waals surface area (Å²) in [6, 6.07) is 21.1. The van der Waals surface area contributed by atoms with E-state index in [1.165, 1.54) is 0 Å². The SMILES string of the molecule is COc1ccc(CC(=O)N[C@H](c2ccccc2)c2ccc3nc[nH]c3c2)c(OC)c1. The number of aromatic nitrogens is 2. The van der Waals surface area contributed by atoms with Crippen LogP contribution in [0.1, 0.15) is 22.7 Å². The average Bonchev–Trinajstić information content (AvgIpc) is 3.26. The lowest BCUT2D eigenvalue weighted by Gasteiger charge is -2.20. The monoisotopic (exact) mass is 401 g/mol. The third-order valence-electron chi connectivity index (χ3n) is 5.06. The van der Waals surface area contributed by atoms with Crippen molar-refractivity contribution in [1.82, 2.24) is 15.3 Å². The number of fused-ring (bicyclic) bond motifs is 1. The van der Waals surface area contributed by atoms with Crippen molar-refractivity contribution in [2.45, 2.75) is 12.5 Å². The van der Waals surface area contributed by atoms with E-state index in [0.29, 0.717) is 11.5 Å². The Morgan fingerprint density at radius 3 is 2.60 bits per heavy atom. The zero-order chi connectivity index (χ0) is 20.9. The van der Waals surface area contributed by atoms with Crippen LogP contribution in [0.25, 0.3) is 11.0 Å². The molecule has 0 unspecified atom stereocenters. The smallest absolute Gasteiger partial charge is 0.225 e. The highest BCUT2D eigenvalue weighted by molar-refractivity contribution is 5.81. The van der Waals surface area contributed by atoms with Crippen LogP contribution in [0.15, 0.2) is 73.1 Å². The number of aromatic amines is 1. The molecule has 1 aromatic heterocycles. The van der Waals surface area contributed by atoms with Gasteiger partial charge in [-0.3, -0.25) is 4.79 Å². The summed E-state index contributed by atoms with van der Waals surface area (Å²) in [5, 5.41) is 3.17. The summed E-state index contributed by atoms with van der Waals surface area (Å²) in [5.41, 5.74) is 4.60. The maximum Gasteiger partial charge on any atom is 0.225 e. The number of ether oxygens (including phenoxy) is 2. The van der Waals surface area contributed by atoms with Crippen LogP contribution in [0.4, 0.5) is 0 Å². The molecule has 0 saturated heterocycles. The van der Waals surface area contributed by atoms with Crippen molar-refractivity contribution in [3.63, 3.8) is 0 Å². The van der Waals surface area contributed by atoms with Crippen LogP contribution in [0.5, 0.6) is 11.5 Å². The number of nitrogens with one attached hydrogen (secondary N) is 2. The van der Waals surface area contributed by atoms with E-state index in [1.807, 2.05) is 60.7 Å². The van der Waals surface area contributed by atoms with Gasteiger partial charge in [-0.2, -0.15) is 0 Å². The molecule has 0 saturated carbocycles. The standard InChI is InChI=1S/C24H23N3O3/c1-29-19-10-8-17(22(14-19)30-2)13-23(28)27-24(16-6-4-3-5-7-16)18-9-11-20-21(12-18)26-15-25-20/h3-12,14-15,24H,13H2,1-2H3,(H,25,26)(H,27,28)/t24-/m1/s1. The fraction of sp³-hybridized carbons (Fsp3) is 0.167. The van der Waals surface area contributed by atoms with Gasteiger partial charge in [-0.15, -0.1) is 0 Å². The van der Waals surface area contributed by atoms with Crippen molar-refractivity contribution in [3.8, 4) is 11.5 Å². The molecule has 0 radical (unpaired) electrons. The third kappa shape index (κ3) is 4.12. The molecule has 30 heavy (non-hydrogen) atoms. The van der Waals surface area contributed by atoms with Crippen molar-refractivity contribution < 1.29 is 14.3 Å². The van der Waals surface area contributed by atoms with Gasteiger partial charge >= 0.3 is 0 Å². The molecule has 4 aromatic rings. The van der Waals surface area contributed by atoms with Gasteiger partial charge in [-0.1, -0.05) is 42.5 Å². The van der Waals surface area contributed by atoms with Gasteiger partial charge < -0.3 is 19.8 Å². The van der Waals surface area contributed by atoms with Gasteiger partial charge in [0.15, 0.2) is 0 Å². The Hall–Kier alpha value is -3.80. The number of nitrogens with zero attached hydrogens (tertiary/aromatic N) is 1. The predicted octanol–water partition coefficient (Wildman–Crippen LogP) is 4.03. The number of H-pyrrole nitrogens is 1. The summed E-state index contributed by atoms with van der Waals surface area (Å²) in [4.78, 5) is 20.4. The lowest BCUT2D eigenvalue weighted by atomic mass is 9.97. The zero-order valence-corrected chi connectivity index (χ0v) is 16.9. The zero-order valence-electron chi connectivity index (χ0n) is 16.9. The summed E-state index contributed by atoms with van der Waals surface area (Å²) in [6.45, 7) is 0. The van der Waals surface area contributed by atoms with Crippen LogP contribution in [0, 0.1) is 0 Å². The predicted molar refractivity (Wildman–Crippen MR) is 116 cm³/mol. The number of rotatable bonds is 7. The molecule has 152 valence electrons. The lowest BCUT2D eigenvalue weighted by molar-refractivity contribution is -0.121. The number of benzene rings is 3. The Labute approximate surface area is 174 Å². The molecule has 3 aromatic carbocycles. The average molecular weight is 401 g/mol. The summed E-state index contributed by atoms with van der Waals surface area (Å²) in [5.74, 6) is 1.21. The molecule has 1 amide bonds. The Bertz CT molecular complexity index is 1150. The fourth-order valence-electron chi connectivity index (χ4n) is 3.52. The summed E-state index contributed by atoms with van der Waals surface area (Å²) in [7, 11) is 3.19. The highest BCUT2D eigenvalue weighted by Crippen LogP contribution is 2.27. The fourth-order valence-corrected chi connectivity index (χ4v) is 3.52. The molecule has 4 rings (SSSR count). The van der Waals surface area contributed by atoms with Crippen molar-refractivity contribution >= 4 is 16.9 Å². The second kappa shape index (κ2) is 8.69. The van der Waals surface area contributed by atoms with E-state index in [-0.39, 0.29) is 18.4 Å². The maximum absolute atomic E-state index is 13.0. The second-order valence-electron chi connectivity index (χ2n) is 6.94. The molecular formula is C24H23N3O3. The van der Waals surface area contributed by atoms with Gasteiger partial charge in [-0.25, -0.2) is 4.98 Å². The number of hydrogen-bond donors (Lipinski definition) is 2. The van der Waals surface area contributed by atoms with Crippen molar-refractivity contribution in [2.24, 2.45) is 0 Å². The molecule has 0 spiro atoms. The Kier molecular flexibility index (Phi) is 5.66. The highest BCUT2D eigenvalue weighted by atomic mass is 16.5. The molecule has 2 N–H and O–H groups in total.